The fourth-order valence-corrected chi connectivity index (χ4v) is 5.41. The predicted octanol–water partition coefficient (Wildman–Crippen LogP) is 4.24. The Balaban J connectivity index is 1.62. The number of hydrazone groups is 1. The number of aliphatic imine (C=N–C) groups is 1. The van der Waals surface area contributed by atoms with Crippen molar-refractivity contribution in [3.63, 3.8) is 0 Å². The molecule has 2 heterocycles. The number of hydrogen-bond acceptors (Lipinski definition) is 5. The SMILES string of the molecule is CN=C(NS(=O)(=O)N1CCCC(F)(F)C1)C1=NN(c2ccc(Cl)cc2)C(c2ccccc2)C1. The lowest BCUT2D eigenvalue weighted by Gasteiger charge is -2.31. The Kier molecular flexibility index (Phi) is 6.69. The second kappa shape index (κ2) is 9.36. The minimum Gasteiger partial charge on any atom is -0.270 e. The summed E-state index contributed by atoms with van der Waals surface area (Å²) in [5.74, 6) is -3.02. The molecule has 1 atom stereocenters. The molecule has 4 rings (SSSR count). The van der Waals surface area contributed by atoms with Gasteiger partial charge >= 0.3 is 10.2 Å². The fourth-order valence-electron chi connectivity index (χ4n) is 3.98. The van der Waals surface area contributed by atoms with Crippen molar-refractivity contribution < 1.29 is 17.2 Å². The number of alkyl halides is 2. The molecule has 7 nitrogen and oxygen atoms in total. The molecule has 176 valence electrons. The van der Waals surface area contributed by atoms with E-state index >= 15 is 0 Å². The van der Waals surface area contributed by atoms with Gasteiger partial charge in [0.15, 0.2) is 5.84 Å². The second-order valence-corrected chi connectivity index (χ2v) is 10.1. The first kappa shape index (κ1) is 23.6. The van der Waals surface area contributed by atoms with Crippen LogP contribution in [0.25, 0.3) is 0 Å². The maximum absolute atomic E-state index is 13.8. The monoisotopic (exact) mass is 495 g/mol. The number of nitrogens with zero attached hydrogens (tertiary/aromatic N) is 4. The predicted molar refractivity (Wildman–Crippen MR) is 126 cm³/mol. The van der Waals surface area contributed by atoms with Crippen molar-refractivity contribution in [2.24, 2.45) is 10.1 Å². The van der Waals surface area contributed by atoms with E-state index in [0.717, 1.165) is 15.6 Å². The van der Waals surface area contributed by atoms with E-state index in [0.29, 0.717) is 17.2 Å². The molecule has 2 aliphatic rings. The molecule has 0 aromatic heterocycles. The van der Waals surface area contributed by atoms with E-state index in [1.54, 1.807) is 17.1 Å². The molecule has 0 aliphatic carbocycles. The third-order valence-electron chi connectivity index (χ3n) is 5.61. The normalized spacial score (nSPS) is 21.7. The van der Waals surface area contributed by atoms with Crippen molar-refractivity contribution in [3.8, 4) is 0 Å². The number of rotatable bonds is 5. The van der Waals surface area contributed by atoms with Gasteiger partial charge in [0.1, 0.15) is 5.71 Å². The molecule has 11 heteroatoms. The Morgan fingerprint density at radius 1 is 1.18 bits per heavy atom. The van der Waals surface area contributed by atoms with Crippen molar-refractivity contribution in [3.05, 3.63) is 65.2 Å². The van der Waals surface area contributed by atoms with Gasteiger partial charge in [-0.2, -0.15) is 17.8 Å². The van der Waals surface area contributed by atoms with Crippen LogP contribution in [-0.2, 0) is 10.2 Å². The zero-order valence-corrected chi connectivity index (χ0v) is 19.5. The van der Waals surface area contributed by atoms with Crippen molar-refractivity contribution in [2.75, 3.05) is 25.1 Å². The van der Waals surface area contributed by atoms with Gasteiger partial charge in [-0.15, -0.1) is 0 Å². The average molecular weight is 496 g/mol. The zero-order valence-electron chi connectivity index (χ0n) is 18.0. The molecule has 2 aliphatic heterocycles. The average Bonchev–Trinajstić information content (AvgIpc) is 3.23. The second-order valence-electron chi connectivity index (χ2n) is 7.97. The van der Waals surface area contributed by atoms with E-state index in [-0.39, 0.29) is 31.3 Å². The van der Waals surface area contributed by atoms with Gasteiger partial charge in [0.05, 0.1) is 18.3 Å². The van der Waals surface area contributed by atoms with E-state index in [9.17, 15) is 17.2 Å². The van der Waals surface area contributed by atoms with Crippen LogP contribution in [0.5, 0.6) is 0 Å². The lowest BCUT2D eigenvalue weighted by Crippen LogP contribution is -2.52. The smallest absolute Gasteiger partial charge is 0.270 e. The standard InChI is InChI=1S/C22H24ClF2N5O2S/c1-26-21(28-33(31,32)29-13-5-12-22(24,25)15-29)19-14-20(16-6-3-2-4-7-16)30(27-19)18-10-8-17(23)9-11-18/h2-4,6-11,20H,5,12-15H2,1H3,(H,26,28). The third-order valence-corrected chi connectivity index (χ3v) is 7.30. The van der Waals surface area contributed by atoms with Crippen LogP contribution in [0.3, 0.4) is 0 Å². The first-order valence-electron chi connectivity index (χ1n) is 10.5. The Hall–Kier alpha value is -2.56. The quantitative estimate of drug-likeness (QED) is 0.498. The molecule has 1 N–H and O–H groups in total. The molecule has 2 aromatic rings. The van der Waals surface area contributed by atoms with Gasteiger partial charge in [0, 0.05) is 31.5 Å². The molecule has 0 radical (unpaired) electrons. The van der Waals surface area contributed by atoms with Gasteiger partial charge < -0.3 is 0 Å². The van der Waals surface area contributed by atoms with Crippen molar-refractivity contribution in [1.82, 2.24) is 9.03 Å². The van der Waals surface area contributed by atoms with Gasteiger partial charge in [0.25, 0.3) is 5.92 Å². The molecule has 0 bridgehead atoms. The first-order chi connectivity index (χ1) is 15.7. The number of halogens is 3. The van der Waals surface area contributed by atoms with E-state index in [4.69, 9.17) is 11.6 Å². The van der Waals surface area contributed by atoms with Crippen LogP contribution in [-0.4, -0.2) is 50.3 Å². The Morgan fingerprint density at radius 2 is 1.88 bits per heavy atom. The zero-order chi connectivity index (χ0) is 23.6. The van der Waals surface area contributed by atoms with E-state index in [2.05, 4.69) is 14.8 Å². The minimum atomic E-state index is -4.22. The first-order valence-corrected chi connectivity index (χ1v) is 12.3. The summed E-state index contributed by atoms with van der Waals surface area (Å²) >= 11 is 6.03. The maximum Gasteiger partial charge on any atom is 0.303 e. The van der Waals surface area contributed by atoms with Crippen LogP contribution in [0.2, 0.25) is 5.02 Å². The lowest BCUT2D eigenvalue weighted by molar-refractivity contribution is -0.0435. The Morgan fingerprint density at radius 3 is 2.52 bits per heavy atom. The molecular weight excluding hydrogens is 472 g/mol. The summed E-state index contributed by atoms with van der Waals surface area (Å²) in [7, 11) is -2.78. The van der Waals surface area contributed by atoms with Crippen LogP contribution in [0.1, 0.15) is 30.9 Å². The maximum atomic E-state index is 13.8. The van der Waals surface area contributed by atoms with Crippen molar-refractivity contribution in [2.45, 2.75) is 31.2 Å². The van der Waals surface area contributed by atoms with Gasteiger partial charge in [0.2, 0.25) is 0 Å². The van der Waals surface area contributed by atoms with Gasteiger partial charge in [-0.1, -0.05) is 41.9 Å². The summed E-state index contributed by atoms with van der Waals surface area (Å²) in [5.41, 5.74) is 2.17. The number of hydrogen-bond donors (Lipinski definition) is 1. The number of amidine groups is 1. The molecule has 0 amide bonds. The topological polar surface area (TPSA) is 77.4 Å². The highest BCUT2D eigenvalue weighted by Crippen LogP contribution is 2.36. The van der Waals surface area contributed by atoms with Crippen LogP contribution in [0.15, 0.2) is 64.7 Å². The Bertz CT molecular complexity index is 1160. The Labute approximate surface area is 196 Å². The van der Waals surface area contributed by atoms with Crippen LogP contribution >= 0.6 is 11.6 Å². The lowest BCUT2D eigenvalue weighted by atomic mass is 10.0. The highest BCUT2D eigenvalue weighted by Gasteiger charge is 2.41. The highest BCUT2D eigenvalue weighted by atomic mass is 35.5. The minimum absolute atomic E-state index is 0.0257. The summed E-state index contributed by atoms with van der Waals surface area (Å²) in [5, 5.41) is 7.03. The van der Waals surface area contributed by atoms with Crippen LogP contribution in [0, 0.1) is 0 Å². The summed E-state index contributed by atoms with van der Waals surface area (Å²) < 4.78 is 56.5. The molecule has 0 saturated carbocycles. The highest BCUT2D eigenvalue weighted by molar-refractivity contribution is 7.87. The molecule has 1 fully saturated rings. The van der Waals surface area contributed by atoms with Crippen molar-refractivity contribution >= 4 is 39.0 Å². The summed E-state index contributed by atoms with van der Waals surface area (Å²) in [4.78, 5) is 4.09. The van der Waals surface area contributed by atoms with Crippen LogP contribution in [0.4, 0.5) is 14.5 Å². The van der Waals surface area contributed by atoms with E-state index < -0.39 is 22.7 Å². The number of benzene rings is 2. The molecule has 0 spiro atoms. The largest absolute Gasteiger partial charge is 0.303 e. The summed E-state index contributed by atoms with van der Waals surface area (Å²) in [6, 6.07) is 16.6. The van der Waals surface area contributed by atoms with Gasteiger partial charge in [-0.25, -0.2) is 8.78 Å². The van der Waals surface area contributed by atoms with Crippen LogP contribution < -0.4 is 9.73 Å². The molecule has 1 unspecified atom stereocenters. The molecule has 2 aromatic carbocycles. The number of piperidine rings is 1. The molecular formula is C22H24ClF2N5O2S. The third kappa shape index (κ3) is 5.34. The van der Waals surface area contributed by atoms with Gasteiger partial charge in [-0.3, -0.25) is 14.7 Å². The summed E-state index contributed by atoms with van der Waals surface area (Å²) in [6.45, 7) is -0.826. The fraction of sp³-hybridized carbons (Fsp3) is 0.364. The van der Waals surface area contributed by atoms with E-state index in [1.165, 1.54) is 7.05 Å². The van der Waals surface area contributed by atoms with Crippen molar-refractivity contribution in [1.29, 1.82) is 0 Å². The van der Waals surface area contributed by atoms with Gasteiger partial charge in [-0.05, 0) is 36.2 Å². The number of anilines is 1. The number of nitrogens with one attached hydrogen (secondary N) is 1. The summed E-state index contributed by atoms with van der Waals surface area (Å²) in [6.07, 6.45) is 0.140. The molecule has 1 saturated heterocycles. The van der Waals surface area contributed by atoms with E-state index in [1.807, 2.05) is 42.5 Å². The molecule has 33 heavy (non-hydrogen) atoms.